The summed E-state index contributed by atoms with van der Waals surface area (Å²) in [7, 11) is 8.70. The smallest absolute Gasteiger partial charge is 0.306 e. The lowest BCUT2D eigenvalue weighted by Gasteiger charge is -2.65. The van der Waals surface area contributed by atoms with Gasteiger partial charge in [-0.25, -0.2) is 0 Å². The van der Waals surface area contributed by atoms with Gasteiger partial charge in [0, 0.05) is 68.3 Å². The van der Waals surface area contributed by atoms with Crippen molar-refractivity contribution in [3.63, 3.8) is 0 Å². The number of carbonyl (C=O) groups is 3. The molecule has 0 radical (unpaired) electrons. The fraction of sp³-hybridized carbons (Fsp3) is 0.975. The summed E-state index contributed by atoms with van der Waals surface area (Å²) in [6.07, 6.45) is 38.5. The minimum Gasteiger partial charge on any atom is -0.466 e. The molecular formula is C118H204O19. The first kappa shape index (κ1) is 111. The molecule has 19 nitrogen and oxygen atoms in total. The molecule has 17 rings (SSSR count). The summed E-state index contributed by atoms with van der Waals surface area (Å²) in [5.41, 5.74) is 2.21. The van der Waals surface area contributed by atoms with Gasteiger partial charge < -0.3 is 76.9 Å². The molecule has 0 bridgehead atoms. The molecule has 16 saturated carbocycles. The lowest BCUT2D eigenvalue weighted by Crippen LogP contribution is -2.62. The zero-order chi connectivity index (χ0) is 99.3. The summed E-state index contributed by atoms with van der Waals surface area (Å²) < 4.78 is 77.2. The van der Waals surface area contributed by atoms with Gasteiger partial charge in [-0.15, -0.1) is 0 Å². The fourth-order valence-electron chi connectivity index (χ4n) is 40.9. The Labute approximate surface area is 833 Å². The number of methoxy groups -OCH3 is 5. The average molecular weight is 1930 g/mol. The first-order valence-electron chi connectivity index (χ1n) is 57.1. The summed E-state index contributed by atoms with van der Waals surface area (Å²) in [6, 6.07) is 0. The van der Waals surface area contributed by atoms with E-state index in [-0.39, 0.29) is 107 Å². The third-order valence-corrected chi connectivity index (χ3v) is 46.5. The Bertz CT molecular complexity index is 3840. The second kappa shape index (κ2) is 45.5. The van der Waals surface area contributed by atoms with Gasteiger partial charge in [0.25, 0.3) is 0 Å². The van der Waals surface area contributed by atoms with Gasteiger partial charge >= 0.3 is 17.9 Å². The number of rotatable bonds is 30. The van der Waals surface area contributed by atoms with E-state index in [1.165, 1.54) is 162 Å². The monoisotopic (exact) mass is 1930 g/mol. The van der Waals surface area contributed by atoms with Crippen molar-refractivity contribution < 1.29 is 91.3 Å². The summed E-state index contributed by atoms with van der Waals surface area (Å²) >= 11 is 0. The minimum absolute atomic E-state index is 0.0214. The molecule has 137 heavy (non-hydrogen) atoms. The van der Waals surface area contributed by atoms with Gasteiger partial charge in [-0.05, 0) is 374 Å². The molecule has 1 saturated heterocycles. The molecule has 17 aliphatic rings. The van der Waals surface area contributed by atoms with Gasteiger partial charge in [0.1, 0.15) is 40.1 Å². The third kappa shape index (κ3) is 20.5. The van der Waals surface area contributed by atoms with Crippen molar-refractivity contribution in [2.75, 3.05) is 89.3 Å². The van der Waals surface area contributed by atoms with E-state index in [1.807, 2.05) is 0 Å². The van der Waals surface area contributed by atoms with Crippen molar-refractivity contribution in [3.05, 3.63) is 0 Å². The van der Waals surface area contributed by atoms with Crippen LogP contribution in [0.3, 0.4) is 0 Å². The van der Waals surface area contributed by atoms with Crippen molar-refractivity contribution in [2.24, 2.45) is 233 Å². The van der Waals surface area contributed by atoms with Crippen LogP contribution in [0.25, 0.3) is 0 Å². The first-order valence-corrected chi connectivity index (χ1v) is 57.1. The number of aliphatic hydroxyl groups is 3. The number of carbonyl (C=O) groups excluding carboxylic acids is 3. The second-order valence-corrected chi connectivity index (χ2v) is 52.9. The predicted octanol–water partition coefficient (Wildman–Crippen LogP) is 24.4. The second-order valence-electron chi connectivity index (χ2n) is 52.9. The topological polar surface area (TPSA) is 232 Å². The summed E-state index contributed by atoms with van der Waals surface area (Å²) in [4.78, 5) is 35.1. The van der Waals surface area contributed by atoms with Gasteiger partial charge in [0.2, 0.25) is 0 Å². The number of fused-ring (bicyclic) bond motifs is 22. The van der Waals surface area contributed by atoms with E-state index in [1.54, 1.807) is 35.5 Å². The predicted molar refractivity (Wildman–Crippen MR) is 538 cm³/mol. The number of ether oxygens (including phenoxy) is 13. The van der Waals surface area contributed by atoms with Crippen LogP contribution in [-0.2, 0) is 76.0 Å². The Morgan fingerprint density at radius 3 is 0.964 bits per heavy atom. The molecule has 0 aromatic heterocycles. The maximum atomic E-state index is 12.3. The number of hydrogen-bond acceptors (Lipinski definition) is 19. The number of aliphatic hydroxyl groups excluding tert-OH is 3. The highest BCUT2D eigenvalue weighted by atomic mass is 16.7. The van der Waals surface area contributed by atoms with E-state index < -0.39 is 0 Å². The highest BCUT2D eigenvalue weighted by molar-refractivity contribution is 5.71. The van der Waals surface area contributed by atoms with Crippen molar-refractivity contribution in [1.82, 2.24) is 0 Å². The van der Waals surface area contributed by atoms with Crippen LogP contribution in [0.1, 0.15) is 358 Å². The minimum atomic E-state index is -0.295. The zero-order valence-electron chi connectivity index (χ0n) is 91.8. The van der Waals surface area contributed by atoms with Gasteiger partial charge in [0.05, 0.1) is 55.9 Å². The normalized spacial score (nSPS) is 49.6. The van der Waals surface area contributed by atoms with Gasteiger partial charge in [0.15, 0.2) is 0 Å². The molecule has 19 heteroatoms. The Morgan fingerprint density at radius 1 is 0.365 bits per heavy atom. The molecule has 0 amide bonds. The molecule has 0 spiro atoms. The molecule has 0 aromatic rings. The van der Waals surface area contributed by atoms with Crippen LogP contribution in [0, 0.1) is 233 Å². The van der Waals surface area contributed by atoms with E-state index in [0.717, 1.165) is 92.8 Å². The third-order valence-electron chi connectivity index (χ3n) is 46.5. The van der Waals surface area contributed by atoms with Crippen LogP contribution < -0.4 is 0 Å². The van der Waals surface area contributed by atoms with Crippen LogP contribution >= 0.6 is 0 Å². The molecule has 48 atom stereocenters. The molecule has 790 valence electrons. The van der Waals surface area contributed by atoms with Gasteiger partial charge in [-0.1, -0.05) is 190 Å². The van der Waals surface area contributed by atoms with Crippen molar-refractivity contribution in [3.8, 4) is 0 Å². The Balaban J connectivity index is 0.000000146. The first-order chi connectivity index (χ1) is 65.2. The molecule has 0 aromatic carbocycles. The largest absolute Gasteiger partial charge is 0.466 e. The SMILES string of the molecule is CC[C@H]1[C@@H](OCOC)C2C3C[C@@H]4OC(=O)C[C@@H](C)[C@@H]4[C@@]3(C)CCC2[C@@]2(C)CC[C@@H](C)C[C@@H]12.CC[C@H]1[C@@H](OCOC)C2C3C[C@H](O)[C@H]([C@H](C)CCO)[C@@]3(C)CCC2[C@@]2(C)CC[C@@H](C)C[C@@H]12.CC[C@H]1[C@@H](OCOC)C2C3C[C@H](O)[C@H]([C@H](C)CCOC(C)=O)[C@@]3(C)CCC2[C@@]2(C)CC[C@@H](C)C[C@@H]12.CC[C@H]1[C@@H](OCOC)C2C3C[C@H](OCOC)[C@H]([C@H](C)CCOC(C)=O)[C@@]3(C)CCC2[C@@]2(C)CC[C@@H](C)C[C@@H]12. The quantitative estimate of drug-likeness (QED) is 0.0345. The van der Waals surface area contributed by atoms with Crippen LogP contribution in [0.2, 0.25) is 0 Å². The van der Waals surface area contributed by atoms with Crippen LogP contribution in [0.5, 0.6) is 0 Å². The summed E-state index contributed by atoms with van der Waals surface area (Å²) in [5, 5.41) is 32.5. The highest BCUT2D eigenvalue weighted by Crippen LogP contribution is 2.77. The lowest BCUT2D eigenvalue weighted by atomic mass is 9.41. The maximum absolute atomic E-state index is 12.3. The van der Waals surface area contributed by atoms with E-state index in [9.17, 15) is 29.7 Å². The standard InChI is InChI=1S/C32H56O6.C30H52O5.C28H46O4.C28H50O4/c1-9-23-25-16-20(2)10-13-31(25,5)24-11-14-32(6)26(28(24)30(23)38-19-35-8)17-27(37-18-34-7)29(32)21(3)12-15-36-22(4)33;1-8-21-23-15-18(2)9-12-29(23,5)22-10-13-30(6)24(26(22)28(21)35-17-33-7)16-25(32)27(30)19(3)11-14-34-20(4)31;1-7-18-20-12-16(2)8-10-27(20,4)19-9-11-28(5)21(24(19)26(18)31-15-30-6)14-22-25(28)17(3)13-23(29)32-22;1-7-19-21-14-17(2)8-11-27(21,4)20-9-12-28(5)22(24(20)26(19)32-16-31-6)15-23(30)25(28)18(3)10-13-29/h20-21,23-30H,9-19H2,1-8H3;18-19,21-28,32H,8-17H2,1-7H3;16-22,24-26H,7-15H2,1-6H3;17-26,29-30H,7-16H2,1-6H3/t20-,21-,23-,24?,25+,26?,27+,28?,29+,30-,31-,32+;18-,19-,21-,22?,23+,24?,25+,26?,27+,28-,29-,30+;16-,17-,18-,19?,20+,21?,22+,24?,25+,26-,27-,28+;17-,18-,19-,20?,21+,22?,23+,24?,25+,26-,27-,28+/m1111/s1. The van der Waals surface area contributed by atoms with Crippen LogP contribution in [0.4, 0.5) is 0 Å². The maximum Gasteiger partial charge on any atom is 0.306 e. The Morgan fingerprint density at radius 2 is 0.650 bits per heavy atom. The molecular weight excluding hydrogens is 1720 g/mol. The van der Waals surface area contributed by atoms with Crippen LogP contribution in [0.15, 0.2) is 0 Å². The van der Waals surface area contributed by atoms with Crippen molar-refractivity contribution in [2.45, 2.75) is 407 Å². The summed E-state index contributed by atoms with van der Waals surface area (Å²) in [5.74, 6) is 17.9. The van der Waals surface area contributed by atoms with Crippen molar-refractivity contribution >= 4 is 17.9 Å². The fourth-order valence-corrected chi connectivity index (χ4v) is 40.9. The lowest BCUT2D eigenvalue weighted by molar-refractivity contribution is -0.232. The number of hydrogen-bond donors (Lipinski definition) is 3. The average Bonchev–Trinajstić information content (AvgIpc) is 1.55. The zero-order valence-corrected chi connectivity index (χ0v) is 91.8. The van der Waals surface area contributed by atoms with E-state index >= 15 is 0 Å². The van der Waals surface area contributed by atoms with Gasteiger partial charge in [-0.3, -0.25) is 14.4 Å². The molecule has 17 fully saturated rings. The molecule has 1 heterocycles. The van der Waals surface area contributed by atoms with E-state index in [0.29, 0.717) is 211 Å². The molecule has 16 aliphatic carbocycles. The Hall–Kier alpha value is -2.11. The molecule has 12 unspecified atom stereocenters. The van der Waals surface area contributed by atoms with Gasteiger partial charge in [-0.2, -0.15) is 0 Å². The van der Waals surface area contributed by atoms with E-state index in [2.05, 4.69) is 138 Å². The van der Waals surface area contributed by atoms with E-state index in [4.69, 9.17) is 61.6 Å². The van der Waals surface area contributed by atoms with Crippen LogP contribution in [-0.4, -0.2) is 171 Å². The summed E-state index contributed by atoms with van der Waals surface area (Å²) in [6.45, 7) is 54.9. The molecule has 3 N–H and O–H groups in total. The Kier molecular flexibility index (Phi) is 36.7. The highest BCUT2D eigenvalue weighted by Gasteiger charge is 2.74. The number of esters is 3. The molecule has 1 aliphatic heterocycles. The van der Waals surface area contributed by atoms with Crippen molar-refractivity contribution in [1.29, 1.82) is 0 Å².